The lowest BCUT2D eigenvalue weighted by Crippen LogP contribution is -2.25. The Bertz CT molecular complexity index is 832. The lowest BCUT2D eigenvalue weighted by atomic mass is 10.3. The molecule has 0 radical (unpaired) electrons. The first-order valence-electron chi connectivity index (χ1n) is 7.32. The van der Waals surface area contributed by atoms with Crippen LogP contribution in [0.25, 0.3) is 17.3 Å². The fraction of sp³-hybridized carbons (Fsp3) is 0.188. The molecule has 1 amide bonds. The predicted molar refractivity (Wildman–Crippen MR) is 85.0 cm³/mol. The number of hydrogen-bond donors (Lipinski definition) is 2. The van der Waals surface area contributed by atoms with Crippen molar-refractivity contribution >= 4 is 11.7 Å². The van der Waals surface area contributed by atoms with Gasteiger partial charge in [-0.15, -0.1) is 0 Å². The Labute approximate surface area is 137 Å². The fourth-order valence-electron chi connectivity index (χ4n) is 2.10. The van der Waals surface area contributed by atoms with Gasteiger partial charge in [-0.3, -0.25) is 4.79 Å². The van der Waals surface area contributed by atoms with Crippen LogP contribution in [0.3, 0.4) is 0 Å². The highest BCUT2D eigenvalue weighted by Crippen LogP contribution is 2.20. The maximum absolute atomic E-state index is 12.0. The average molecular weight is 328 g/mol. The number of nitrogens with zero attached hydrogens (tertiary/aromatic N) is 3. The molecule has 0 aliphatic rings. The number of carbonyl (C=O) groups excluding carboxylic acids is 1. The first-order chi connectivity index (χ1) is 11.6. The second kappa shape index (κ2) is 6.86. The SMILES string of the molecule is C=C(O)c1cn(CCCNC(=O)c2cc(-c3ccco3)on2)cn1. The van der Waals surface area contributed by atoms with E-state index in [1.54, 1.807) is 24.7 Å². The summed E-state index contributed by atoms with van der Waals surface area (Å²) in [6.07, 6.45) is 5.51. The van der Waals surface area contributed by atoms with Gasteiger partial charge in [0, 0.05) is 25.4 Å². The Morgan fingerprint density at radius 2 is 2.25 bits per heavy atom. The summed E-state index contributed by atoms with van der Waals surface area (Å²) in [6, 6.07) is 4.98. The van der Waals surface area contributed by atoms with Crippen molar-refractivity contribution in [1.82, 2.24) is 20.0 Å². The lowest BCUT2D eigenvalue weighted by molar-refractivity contribution is 0.0943. The molecule has 124 valence electrons. The molecular weight excluding hydrogens is 312 g/mol. The van der Waals surface area contributed by atoms with Crippen molar-refractivity contribution in [3.05, 3.63) is 55.0 Å². The monoisotopic (exact) mass is 328 g/mol. The quantitative estimate of drug-likeness (QED) is 0.510. The molecule has 8 nitrogen and oxygen atoms in total. The summed E-state index contributed by atoms with van der Waals surface area (Å²) in [6.45, 7) is 4.53. The Morgan fingerprint density at radius 3 is 2.96 bits per heavy atom. The number of hydrogen-bond acceptors (Lipinski definition) is 6. The van der Waals surface area contributed by atoms with E-state index < -0.39 is 0 Å². The Morgan fingerprint density at radius 1 is 1.38 bits per heavy atom. The highest BCUT2D eigenvalue weighted by atomic mass is 16.5. The van der Waals surface area contributed by atoms with Gasteiger partial charge < -0.3 is 23.9 Å². The summed E-state index contributed by atoms with van der Waals surface area (Å²) in [5, 5.41) is 15.7. The number of imidazole rings is 1. The van der Waals surface area contributed by atoms with Crippen LogP contribution in [0.5, 0.6) is 0 Å². The third-order valence-electron chi connectivity index (χ3n) is 3.31. The van der Waals surface area contributed by atoms with E-state index in [0.29, 0.717) is 36.7 Å². The average Bonchev–Trinajstić information content (AvgIpc) is 3.32. The number of nitrogens with one attached hydrogen (secondary N) is 1. The third kappa shape index (κ3) is 3.54. The minimum Gasteiger partial charge on any atom is -0.506 e. The van der Waals surface area contributed by atoms with Crippen molar-refractivity contribution in [2.75, 3.05) is 6.54 Å². The first-order valence-corrected chi connectivity index (χ1v) is 7.32. The standard InChI is InChI=1S/C16H16N4O4/c1-11(21)13-9-20(10-18-13)6-3-5-17-16(22)12-8-15(24-19-12)14-4-2-7-23-14/h2,4,7-10,21H,1,3,5-6H2,(H,17,22). The van der Waals surface area contributed by atoms with Crippen molar-refractivity contribution in [1.29, 1.82) is 0 Å². The van der Waals surface area contributed by atoms with Crippen LogP contribution in [0.2, 0.25) is 0 Å². The van der Waals surface area contributed by atoms with Crippen molar-refractivity contribution in [3.8, 4) is 11.5 Å². The van der Waals surface area contributed by atoms with Crippen LogP contribution in [0.4, 0.5) is 0 Å². The molecule has 24 heavy (non-hydrogen) atoms. The Kier molecular flexibility index (Phi) is 4.46. The van der Waals surface area contributed by atoms with Crippen LogP contribution in [0, 0.1) is 0 Å². The van der Waals surface area contributed by atoms with Gasteiger partial charge in [0.25, 0.3) is 5.91 Å². The van der Waals surface area contributed by atoms with E-state index in [1.807, 2.05) is 4.57 Å². The highest BCUT2D eigenvalue weighted by molar-refractivity contribution is 5.92. The van der Waals surface area contributed by atoms with Gasteiger partial charge in [-0.25, -0.2) is 4.98 Å². The predicted octanol–water partition coefficient (Wildman–Crippen LogP) is 2.48. The third-order valence-corrected chi connectivity index (χ3v) is 3.31. The number of carbonyl (C=O) groups is 1. The molecule has 0 fully saturated rings. The molecule has 3 aromatic heterocycles. The molecule has 3 heterocycles. The molecular formula is C16H16N4O4. The number of furan rings is 1. The Hall–Kier alpha value is -3.29. The minimum absolute atomic E-state index is 0.0690. The van der Waals surface area contributed by atoms with Crippen LogP contribution in [0.1, 0.15) is 22.6 Å². The van der Waals surface area contributed by atoms with Crippen LogP contribution >= 0.6 is 0 Å². The normalized spacial score (nSPS) is 10.7. The maximum atomic E-state index is 12.0. The van der Waals surface area contributed by atoms with E-state index in [1.165, 1.54) is 12.3 Å². The van der Waals surface area contributed by atoms with E-state index in [9.17, 15) is 9.90 Å². The second-order valence-electron chi connectivity index (χ2n) is 5.11. The number of rotatable bonds is 7. The van der Waals surface area contributed by atoms with Gasteiger partial charge in [-0.2, -0.15) is 0 Å². The number of amides is 1. The van der Waals surface area contributed by atoms with Crippen LogP contribution in [-0.4, -0.2) is 32.3 Å². The van der Waals surface area contributed by atoms with E-state index >= 15 is 0 Å². The topological polar surface area (TPSA) is 106 Å². The zero-order valence-electron chi connectivity index (χ0n) is 12.8. The maximum Gasteiger partial charge on any atom is 0.273 e. The van der Waals surface area contributed by atoms with Gasteiger partial charge in [-0.1, -0.05) is 11.7 Å². The van der Waals surface area contributed by atoms with Crippen LogP contribution in [-0.2, 0) is 6.54 Å². The summed E-state index contributed by atoms with van der Waals surface area (Å²) < 4.78 is 12.1. The van der Waals surface area contributed by atoms with Gasteiger partial charge in [-0.05, 0) is 18.6 Å². The molecule has 0 atom stereocenters. The fourth-order valence-corrected chi connectivity index (χ4v) is 2.10. The van der Waals surface area contributed by atoms with E-state index in [4.69, 9.17) is 8.94 Å². The molecule has 0 unspecified atom stereocenters. The summed E-state index contributed by atoms with van der Waals surface area (Å²) in [5.74, 6) is 0.537. The minimum atomic E-state index is -0.313. The Balaban J connectivity index is 1.46. The molecule has 0 aliphatic heterocycles. The van der Waals surface area contributed by atoms with Gasteiger partial charge in [0.15, 0.2) is 11.5 Å². The van der Waals surface area contributed by atoms with Crippen LogP contribution < -0.4 is 5.32 Å². The molecule has 0 aliphatic carbocycles. The highest BCUT2D eigenvalue weighted by Gasteiger charge is 2.14. The summed E-state index contributed by atoms with van der Waals surface area (Å²) in [7, 11) is 0. The number of aliphatic hydroxyl groups excluding tert-OH is 1. The van der Waals surface area contributed by atoms with Gasteiger partial charge >= 0.3 is 0 Å². The van der Waals surface area contributed by atoms with Crippen LogP contribution in [0.15, 0.2) is 52.5 Å². The van der Waals surface area contributed by atoms with Crippen molar-refractivity contribution in [3.63, 3.8) is 0 Å². The number of aromatic nitrogens is 3. The molecule has 0 aromatic carbocycles. The summed E-state index contributed by atoms with van der Waals surface area (Å²) in [4.78, 5) is 16.0. The van der Waals surface area contributed by atoms with E-state index in [0.717, 1.165) is 0 Å². The summed E-state index contributed by atoms with van der Waals surface area (Å²) >= 11 is 0. The van der Waals surface area contributed by atoms with Crippen molar-refractivity contribution in [2.45, 2.75) is 13.0 Å². The zero-order valence-corrected chi connectivity index (χ0v) is 12.8. The van der Waals surface area contributed by atoms with E-state index in [-0.39, 0.29) is 17.4 Å². The smallest absolute Gasteiger partial charge is 0.273 e. The molecule has 0 saturated carbocycles. The van der Waals surface area contributed by atoms with Gasteiger partial charge in [0.05, 0.1) is 12.6 Å². The molecule has 2 N–H and O–H groups in total. The number of aliphatic hydroxyl groups is 1. The number of aryl methyl sites for hydroxylation is 1. The van der Waals surface area contributed by atoms with Crippen molar-refractivity contribution < 1.29 is 18.8 Å². The van der Waals surface area contributed by atoms with Crippen molar-refractivity contribution in [2.24, 2.45) is 0 Å². The molecule has 3 rings (SSSR count). The lowest BCUT2D eigenvalue weighted by Gasteiger charge is -2.03. The van der Waals surface area contributed by atoms with Gasteiger partial charge in [0.2, 0.25) is 5.76 Å². The molecule has 0 bridgehead atoms. The molecule has 0 spiro atoms. The first kappa shape index (κ1) is 15.6. The molecule has 0 saturated heterocycles. The van der Waals surface area contributed by atoms with E-state index in [2.05, 4.69) is 22.0 Å². The molecule has 3 aromatic rings. The second-order valence-corrected chi connectivity index (χ2v) is 5.11. The van der Waals surface area contributed by atoms with Gasteiger partial charge in [0.1, 0.15) is 11.5 Å². The summed E-state index contributed by atoms with van der Waals surface area (Å²) in [5.41, 5.74) is 0.634. The zero-order chi connectivity index (χ0) is 16.9. The molecule has 8 heteroatoms. The largest absolute Gasteiger partial charge is 0.506 e.